The molecule has 0 fully saturated rings. The van der Waals surface area contributed by atoms with Gasteiger partial charge in [0.15, 0.2) is 6.29 Å². The number of hydrogen-bond donors (Lipinski definition) is 0. The fourth-order valence-electron chi connectivity index (χ4n) is 2.08. The van der Waals surface area contributed by atoms with E-state index in [4.69, 9.17) is 4.74 Å². The summed E-state index contributed by atoms with van der Waals surface area (Å²) in [6.45, 7) is 4.33. The summed E-state index contributed by atoms with van der Waals surface area (Å²) in [4.78, 5) is 10.9. The summed E-state index contributed by atoms with van der Waals surface area (Å²) in [6.07, 6.45) is 6.59. The molecule has 0 heterocycles. The summed E-state index contributed by atoms with van der Waals surface area (Å²) >= 11 is 0. The van der Waals surface area contributed by atoms with Gasteiger partial charge in [0.25, 0.3) is 0 Å². The third-order valence-electron chi connectivity index (χ3n) is 3.11. The maximum Gasteiger partial charge on any atom is 0.153 e. The molecule has 0 spiro atoms. The Morgan fingerprint density at radius 3 is 2.47 bits per heavy atom. The SMILES string of the molecule is CCCCCc1cc(OC)c(C=O)cc1CC. The second-order valence-electron chi connectivity index (χ2n) is 4.29. The molecule has 0 bridgehead atoms. The van der Waals surface area contributed by atoms with Gasteiger partial charge in [0, 0.05) is 0 Å². The van der Waals surface area contributed by atoms with Crippen LogP contribution in [0.2, 0.25) is 0 Å². The molecule has 0 unspecified atom stereocenters. The lowest BCUT2D eigenvalue weighted by atomic mass is 9.97. The van der Waals surface area contributed by atoms with E-state index in [1.54, 1.807) is 7.11 Å². The number of aldehydes is 1. The highest BCUT2D eigenvalue weighted by atomic mass is 16.5. The van der Waals surface area contributed by atoms with E-state index >= 15 is 0 Å². The Balaban J connectivity index is 2.97. The monoisotopic (exact) mass is 234 g/mol. The van der Waals surface area contributed by atoms with E-state index in [1.165, 1.54) is 30.4 Å². The van der Waals surface area contributed by atoms with Crippen molar-refractivity contribution in [3.63, 3.8) is 0 Å². The first kappa shape index (κ1) is 13.8. The molecule has 1 rings (SSSR count). The number of ether oxygens (including phenoxy) is 1. The first-order valence-electron chi connectivity index (χ1n) is 6.41. The Morgan fingerprint density at radius 2 is 1.94 bits per heavy atom. The van der Waals surface area contributed by atoms with Crippen LogP contribution in [0.3, 0.4) is 0 Å². The minimum Gasteiger partial charge on any atom is -0.496 e. The molecule has 0 aliphatic heterocycles. The lowest BCUT2D eigenvalue weighted by molar-refractivity contribution is 0.112. The molecule has 2 nitrogen and oxygen atoms in total. The topological polar surface area (TPSA) is 26.3 Å². The standard InChI is InChI=1S/C15H22O2/c1-4-6-7-8-13-10-15(17-3)14(11-16)9-12(13)5-2/h9-11H,4-8H2,1-3H3. The summed E-state index contributed by atoms with van der Waals surface area (Å²) in [6, 6.07) is 3.99. The average Bonchev–Trinajstić information content (AvgIpc) is 2.38. The van der Waals surface area contributed by atoms with Gasteiger partial charge < -0.3 is 4.74 Å². The van der Waals surface area contributed by atoms with Crippen LogP contribution in [-0.4, -0.2) is 13.4 Å². The quantitative estimate of drug-likeness (QED) is 0.530. The van der Waals surface area contributed by atoms with Crippen molar-refractivity contribution in [3.8, 4) is 5.75 Å². The van der Waals surface area contributed by atoms with Crippen LogP contribution in [0.1, 0.15) is 54.6 Å². The van der Waals surface area contributed by atoms with Gasteiger partial charge in [-0.3, -0.25) is 4.79 Å². The molecule has 0 saturated carbocycles. The van der Waals surface area contributed by atoms with Gasteiger partial charge in [0.05, 0.1) is 12.7 Å². The molecule has 1 aromatic rings. The number of hydrogen-bond acceptors (Lipinski definition) is 2. The second kappa shape index (κ2) is 7.10. The zero-order valence-corrected chi connectivity index (χ0v) is 11.1. The molecule has 0 amide bonds. The molecule has 0 atom stereocenters. The number of unbranched alkanes of at least 4 members (excludes halogenated alkanes) is 2. The van der Waals surface area contributed by atoms with Crippen LogP contribution >= 0.6 is 0 Å². The molecule has 0 aliphatic carbocycles. The lowest BCUT2D eigenvalue weighted by Gasteiger charge is -2.12. The Morgan fingerprint density at radius 1 is 1.18 bits per heavy atom. The van der Waals surface area contributed by atoms with Gasteiger partial charge in [-0.25, -0.2) is 0 Å². The Hall–Kier alpha value is -1.31. The van der Waals surface area contributed by atoms with E-state index in [0.717, 1.165) is 19.1 Å². The normalized spacial score (nSPS) is 10.3. The molecule has 0 N–H and O–H groups in total. The maximum absolute atomic E-state index is 10.9. The predicted octanol–water partition coefficient (Wildman–Crippen LogP) is 3.80. The van der Waals surface area contributed by atoms with Crippen LogP contribution in [0.4, 0.5) is 0 Å². The van der Waals surface area contributed by atoms with Crippen molar-refractivity contribution in [3.05, 3.63) is 28.8 Å². The van der Waals surface area contributed by atoms with E-state index in [9.17, 15) is 4.79 Å². The van der Waals surface area contributed by atoms with Gasteiger partial charge in [-0.15, -0.1) is 0 Å². The van der Waals surface area contributed by atoms with Crippen LogP contribution in [0, 0.1) is 0 Å². The fourth-order valence-corrected chi connectivity index (χ4v) is 2.08. The van der Waals surface area contributed by atoms with Gasteiger partial charge in [0.1, 0.15) is 5.75 Å². The molecule has 0 aromatic heterocycles. The van der Waals surface area contributed by atoms with Crippen molar-refractivity contribution < 1.29 is 9.53 Å². The summed E-state index contributed by atoms with van der Waals surface area (Å²) < 4.78 is 5.25. The van der Waals surface area contributed by atoms with Crippen LogP contribution in [0.25, 0.3) is 0 Å². The third kappa shape index (κ3) is 3.58. The van der Waals surface area contributed by atoms with Crippen molar-refractivity contribution in [2.45, 2.75) is 46.0 Å². The molecule has 0 aliphatic rings. The van der Waals surface area contributed by atoms with Crippen LogP contribution < -0.4 is 4.74 Å². The van der Waals surface area contributed by atoms with Gasteiger partial charge in [0.2, 0.25) is 0 Å². The second-order valence-corrected chi connectivity index (χ2v) is 4.29. The van der Waals surface area contributed by atoms with Crippen molar-refractivity contribution in [2.24, 2.45) is 0 Å². The van der Waals surface area contributed by atoms with E-state index < -0.39 is 0 Å². The smallest absolute Gasteiger partial charge is 0.153 e. The van der Waals surface area contributed by atoms with Crippen molar-refractivity contribution in [1.29, 1.82) is 0 Å². The largest absolute Gasteiger partial charge is 0.496 e. The fraction of sp³-hybridized carbons (Fsp3) is 0.533. The van der Waals surface area contributed by atoms with Crippen LogP contribution in [0.15, 0.2) is 12.1 Å². The van der Waals surface area contributed by atoms with Crippen LogP contribution in [-0.2, 0) is 12.8 Å². The molecule has 1 aromatic carbocycles. The highest BCUT2D eigenvalue weighted by Crippen LogP contribution is 2.24. The highest BCUT2D eigenvalue weighted by Gasteiger charge is 2.08. The number of rotatable bonds is 7. The third-order valence-corrected chi connectivity index (χ3v) is 3.11. The van der Waals surface area contributed by atoms with Gasteiger partial charge in [-0.05, 0) is 42.5 Å². The minimum absolute atomic E-state index is 0.656. The zero-order chi connectivity index (χ0) is 12.7. The Bertz CT molecular complexity index is 369. The summed E-state index contributed by atoms with van der Waals surface area (Å²) in [5, 5.41) is 0. The number of methoxy groups -OCH3 is 1. The van der Waals surface area contributed by atoms with Crippen molar-refractivity contribution >= 4 is 6.29 Å². The summed E-state index contributed by atoms with van der Waals surface area (Å²) in [5.74, 6) is 0.698. The number of aryl methyl sites for hydroxylation is 2. The van der Waals surface area contributed by atoms with E-state index in [1.807, 2.05) is 12.1 Å². The van der Waals surface area contributed by atoms with Gasteiger partial charge in [-0.1, -0.05) is 26.7 Å². The predicted molar refractivity (Wildman–Crippen MR) is 71.0 cm³/mol. The molecule has 17 heavy (non-hydrogen) atoms. The number of benzene rings is 1. The molecule has 94 valence electrons. The van der Waals surface area contributed by atoms with E-state index in [0.29, 0.717) is 11.3 Å². The summed E-state index contributed by atoms with van der Waals surface area (Å²) in [7, 11) is 1.61. The maximum atomic E-state index is 10.9. The van der Waals surface area contributed by atoms with Crippen molar-refractivity contribution in [1.82, 2.24) is 0 Å². The van der Waals surface area contributed by atoms with E-state index in [-0.39, 0.29) is 0 Å². The molecule has 0 saturated heterocycles. The zero-order valence-electron chi connectivity index (χ0n) is 11.1. The number of carbonyl (C=O) groups is 1. The van der Waals surface area contributed by atoms with Gasteiger partial charge >= 0.3 is 0 Å². The van der Waals surface area contributed by atoms with Crippen molar-refractivity contribution in [2.75, 3.05) is 7.11 Å². The number of carbonyl (C=O) groups excluding carboxylic acids is 1. The van der Waals surface area contributed by atoms with Crippen LogP contribution in [0.5, 0.6) is 5.75 Å². The first-order chi connectivity index (χ1) is 8.26. The van der Waals surface area contributed by atoms with Gasteiger partial charge in [-0.2, -0.15) is 0 Å². The molecular weight excluding hydrogens is 212 g/mol. The molecule has 0 radical (unpaired) electrons. The average molecular weight is 234 g/mol. The molecular formula is C15H22O2. The summed E-state index contributed by atoms with van der Waals surface area (Å²) in [5.41, 5.74) is 3.25. The first-order valence-corrected chi connectivity index (χ1v) is 6.41. The van der Waals surface area contributed by atoms with E-state index in [2.05, 4.69) is 13.8 Å². The lowest BCUT2D eigenvalue weighted by Crippen LogP contribution is -1.99. The Kier molecular flexibility index (Phi) is 5.75. The Labute approximate surface area is 104 Å². The highest BCUT2D eigenvalue weighted by molar-refractivity contribution is 5.80. The molecule has 2 heteroatoms. The minimum atomic E-state index is 0.656.